The van der Waals surface area contributed by atoms with Crippen LogP contribution in [0.15, 0.2) is 83.7 Å². The monoisotopic (exact) mass is 352 g/mol. The zero-order valence-corrected chi connectivity index (χ0v) is 15.2. The fraction of sp³-hybridized carbons (Fsp3) is 0.0833. The van der Waals surface area contributed by atoms with Crippen molar-refractivity contribution in [1.82, 2.24) is 9.55 Å². The van der Waals surface area contributed by atoms with Gasteiger partial charge in [-0.05, 0) is 41.8 Å². The van der Waals surface area contributed by atoms with Crippen molar-refractivity contribution >= 4 is 23.1 Å². The number of hydrogen-bond acceptors (Lipinski definition) is 2. The first kappa shape index (κ1) is 17.0. The van der Waals surface area contributed by atoms with E-state index in [0.717, 1.165) is 16.6 Å². The van der Waals surface area contributed by atoms with Crippen LogP contribution in [0, 0.1) is 6.92 Å². The van der Waals surface area contributed by atoms with Gasteiger partial charge in [0.2, 0.25) is 0 Å². The molecule has 3 nitrogen and oxygen atoms in total. The van der Waals surface area contributed by atoms with Crippen molar-refractivity contribution < 1.29 is 0 Å². The molecular formula is C24H20N2O. The molecule has 0 bridgehead atoms. The predicted octanol–water partition coefficient (Wildman–Crippen LogP) is 4.92. The molecule has 4 aromatic rings. The highest BCUT2D eigenvalue weighted by Gasteiger charge is 2.09. The molecule has 132 valence electrons. The third kappa shape index (κ3) is 3.58. The summed E-state index contributed by atoms with van der Waals surface area (Å²) in [5.74, 6) is 0.658. The van der Waals surface area contributed by atoms with Gasteiger partial charge in [-0.1, -0.05) is 72.8 Å². The van der Waals surface area contributed by atoms with E-state index in [1.807, 2.05) is 78.9 Å². The summed E-state index contributed by atoms with van der Waals surface area (Å²) in [6.45, 7) is 2.56. The molecule has 0 saturated heterocycles. The van der Waals surface area contributed by atoms with E-state index in [9.17, 15) is 4.79 Å². The number of aryl methyl sites for hydroxylation is 1. The first-order chi connectivity index (χ1) is 13.2. The van der Waals surface area contributed by atoms with Gasteiger partial charge in [-0.2, -0.15) is 0 Å². The number of nitrogens with zero attached hydrogens (tertiary/aromatic N) is 2. The summed E-state index contributed by atoms with van der Waals surface area (Å²) >= 11 is 0. The molecule has 0 aliphatic carbocycles. The molecule has 0 radical (unpaired) electrons. The van der Waals surface area contributed by atoms with Gasteiger partial charge in [0, 0.05) is 0 Å². The Kier molecular flexibility index (Phi) is 4.67. The molecule has 27 heavy (non-hydrogen) atoms. The molecule has 0 N–H and O–H groups in total. The highest BCUT2D eigenvalue weighted by atomic mass is 16.1. The van der Waals surface area contributed by atoms with Gasteiger partial charge in [-0.15, -0.1) is 0 Å². The van der Waals surface area contributed by atoms with Crippen molar-refractivity contribution in [1.29, 1.82) is 0 Å². The van der Waals surface area contributed by atoms with Crippen LogP contribution in [0.25, 0.3) is 23.1 Å². The Bertz CT molecular complexity index is 1170. The van der Waals surface area contributed by atoms with Crippen LogP contribution in [-0.2, 0) is 6.54 Å². The van der Waals surface area contributed by atoms with Gasteiger partial charge in [-0.25, -0.2) is 4.98 Å². The molecule has 1 aromatic heterocycles. The highest BCUT2D eigenvalue weighted by molar-refractivity contribution is 5.79. The van der Waals surface area contributed by atoms with E-state index < -0.39 is 0 Å². The second-order valence-electron chi connectivity index (χ2n) is 6.55. The summed E-state index contributed by atoms with van der Waals surface area (Å²) in [7, 11) is 0. The zero-order valence-electron chi connectivity index (χ0n) is 15.2. The summed E-state index contributed by atoms with van der Waals surface area (Å²) in [4.78, 5) is 17.9. The number of fused-ring (bicyclic) bond motifs is 1. The first-order valence-corrected chi connectivity index (χ1v) is 8.99. The lowest BCUT2D eigenvalue weighted by atomic mass is 10.1. The van der Waals surface area contributed by atoms with Crippen molar-refractivity contribution in [2.75, 3.05) is 0 Å². The van der Waals surface area contributed by atoms with Crippen molar-refractivity contribution in [3.63, 3.8) is 0 Å². The summed E-state index contributed by atoms with van der Waals surface area (Å²) in [6.07, 6.45) is 3.95. The van der Waals surface area contributed by atoms with E-state index in [1.54, 1.807) is 4.57 Å². The number of benzene rings is 3. The van der Waals surface area contributed by atoms with Gasteiger partial charge in [0.15, 0.2) is 0 Å². The van der Waals surface area contributed by atoms with E-state index in [2.05, 4.69) is 19.1 Å². The minimum Gasteiger partial charge on any atom is -0.288 e. The van der Waals surface area contributed by atoms with E-state index in [1.165, 1.54) is 5.56 Å². The molecule has 0 atom stereocenters. The molecule has 0 fully saturated rings. The SMILES string of the molecule is Cc1ccccc1/C=C/c1nc2ccccc2c(=O)n1Cc1ccccc1. The van der Waals surface area contributed by atoms with E-state index in [-0.39, 0.29) is 5.56 Å². The second kappa shape index (κ2) is 7.42. The predicted molar refractivity (Wildman–Crippen MR) is 112 cm³/mol. The fourth-order valence-electron chi connectivity index (χ4n) is 3.17. The normalized spacial score (nSPS) is 11.3. The number of rotatable bonds is 4. The Hall–Kier alpha value is -3.46. The third-order valence-electron chi connectivity index (χ3n) is 4.68. The van der Waals surface area contributed by atoms with Crippen LogP contribution in [0.2, 0.25) is 0 Å². The van der Waals surface area contributed by atoms with Gasteiger partial charge in [-0.3, -0.25) is 9.36 Å². The summed E-state index contributed by atoms with van der Waals surface area (Å²) in [5.41, 5.74) is 4.07. The average Bonchev–Trinajstić information content (AvgIpc) is 2.71. The molecule has 3 aromatic carbocycles. The van der Waals surface area contributed by atoms with Crippen LogP contribution >= 0.6 is 0 Å². The molecule has 0 aliphatic rings. The number of para-hydroxylation sites is 1. The molecule has 0 spiro atoms. The molecular weight excluding hydrogens is 332 g/mol. The van der Waals surface area contributed by atoms with Crippen LogP contribution in [0.1, 0.15) is 22.5 Å². The Morgan fingerprint density at radius 3 is 2.37 bits per heavy atom. The Labute approximate surface area is 158 Å². The van der Waals surface area contributed by atoms with Crippen molar-refractivity contribution in [2.24, 2.45) is 0 Å². The molecule has 0 amide bonds. The Morgan fingerprint density at radius 2 is 1.56 bits per heavy atom. The van der Waals surface area contributed by atoms with Crippen LogP contribution < -0.4 is 5.56 Å². The molecule has 0 saturated carbocycles. The lowest BCUT2D eigenvalue weighted by molar-refractivity contribution is 0.738. The van der Waals surface area contributed by atoms with E-state index >= 15 is 0 Å². The van der Waals surface area contributed by atoms with Crippen LogP contribution in [0.3, 0.4) is 0 Å². The number of aromatic nitrogens is 2. The smallest absolute Gasteiger partial charge is 0.261 e. The van der Waals surface area contributed by atoms with Gasteiger partial charge in [0.1, 0.15) is 5.82 Å². The maximum absolute atomic E-state index is 13.1. The topological polar surface area (TPSA) is 34.9 Å². The van der Waals surface area contributed by atoms with Gasteiger partial charge in [0.25, 0.3) is 5.56 Å². The Balaban J connectivity index is 1.86. The third-order valence-corrected chi connectivity index (χ3v) is 4.68. The summed E-state index contributed by atoms with van der Waals surface area (Å²) in [5, 5.41) is 0.640. The average molecular weight is 352 g/mol. The molecule has 0 unspecified atom stereocenters. The molecule has 3 heteroatoms. The van der Waals surface area contributed by atoms with Gasteiger partial charge in [0.05, 0.1) is 17.4 Å². The lowest BCUT2D eigenvalue weighted by Gasteiger charge is -2.11. The zero-order chi connectivity index (χ0) is 18.6. The largest absolute Gasteiger partial charge is 0.288 e. The van der Waals surface area contributed by atoms with E-state index in [0.29, 0.717) is 17.8 Å². The van der Waals surface area contributed by atoms with Crippen molar-refractivity contribution in [2.45, 2.75) is 13.5 Å². The minimum absolute atomic E-state index is 0.0195. The molecule has 0 aliphatic heterocycles. The van der Waals surface area contributed by atoms with Crippen LogP contribution in [-0.4, -0.2) is 9.55 Å². The molecule has 1 heterocycles. The standard InChI is InChI=1S/C24H20N2O/c1-18-9-5-6-12-20(18)15-16-23-25-22-14-8-7-13-21(22)24(27)26(23)17-19-10-3-2-4-11-19/h2-16H,17H2,1H3/b16-15+. The van der Waals surface area contributed by atoms with Gasteiger partial charge >= 0.3 is 0 Å². The number of hydrogen-bond donors (Lipinski definition) is 0. The van der Waals surface area contributed by atoms with Crippen molar-refractivity contribution in [3.05, 3.63) is 112 Å². The maximum Gasteiger partial charge on any atom is 0.261 e. The Morgan fingerprint density at radius 1 is 0.852 bits per heavy atom. The van der Waals surface area contributed by atoms with Gasteiger partial charge < -0.3 is 0 Å². The van der Waals surface area contributed by atoms with E-state index in [4.69, 9.17) is 4.98 Å². The van der Waals surface area contributed by atoms with Crippen molar-refractivity contribution in [3.8, 4) is 0 Å². The maximum atomic E-state index is 13.1. The highest BCUT2D eigenvalue weighted by Crippen LogP contribution is 2.14. The van der Waals surface area contributed by atoms with Crippen LogP contribution in [0.4, 0.5) is 0 Å². The summed E-state index contributed by atoms with van der Waals surface area (Å²) in [6, 6.07) is 25.7. The minimum atomic E-state index is -0.0195. The lowest BCUT2D eigenvalue weighted by Crippen LogP contribution is -2.24. The fourth-order valence-corrected chi connectivity index (χ4v) is 3.17. The first-order valence-electron chi connectivity index (χ1n) is 8.99. The summed E-state index contributed by atoms with van der Waals surface area (Å²) < 4.78 is 1.74. The van der Waals surface area contributed by atoms with Crippen LogP contribution in [0.5, 0.6) is 0 Å². The second-order valence-corrected chi connectivity index (χ2v) is 6.55. The molecule has 4 rings (SSSR count). The quantitative estimate of drug-likeness (QED) is 0.522.